The summed E-state index contributed by atoms with van der Waals surface area (Å²) in [5, 5.41) is 0. The summed E-state index contributed by atoms with van der Waals surface area (Å²) in [6, 6.07) is 14.0. The highest BCUT2D eigenvalue weighted by Gasteiger charge is 2.29. The summed E-state index contributed by atoms with van der Waals surface area (Å²) < 4.78 is 51.9. The average Bonchev–Trinajstić information content (AvgIpc) is 3.13. The predicted molar refractivity (Wildman–Crippen MR) is 125 cm³/mol. The maximum Gasteiger partial charge on any atom is 0.289 e. The number of ether oxygens (including phenoxy) is 1. The largest absolute Gasteiger partial charge is 0.485 e. The van der Waals surface area contributed by atoms with Gasteiger partial charge in [-0.1, -0.05) is 17.7 Å². The lowest BCUT2D eigenvalue weighted by molar-refractivity contribution is 0.0728. The lowest BCUT2D eigenvalue weighted by Gasteiger charge is -2.21. The molecule has 0 unspecified atom stereocenters. The van der Waals surface area contributed by atoms with Crippen molar-refractivity contribution in [2.24, 2.45) is 0 Å². The molecule has 1 aromatic heterocycles. The van der Waals surface area contributed by atoms with Gasteiger partial charge in [0.2, 0.25) is 10.0 Å². The van der Waals surface area contributed by atoms with Gasteiger partial charge in [0.15, 0.2) is 5.76 Å². The molecule has 2 heterocycles. The molecule has 1 aliphatic rings. The monoisotopic (exact) mass is 486 g/mol. The van der Waals surface area contributed by atoms with E-state index in [9.17, 15) is 17.6 Å². The van der Waals surface area contributed by atoms with Crippen molar-refractivity contribution in [3.05, 3.63) is 83.1 Å². The normalized spacial score (nSPS) is 15.2. The van der Waals surface area contributed by atoms with Gasteiger partial charge in [0.25, 0.3) is 5.91 Å². The van der Waals surface area contributed by atoms with E-state index in [2.05, 4.69) is 0 Å². The molecule has 0 atom stereocenters. The molecule has 1 saturated heterocycles. The summed E-state index contributed by atoms with van der Waals surface area (Å²) in [6.07, 6.45) is 0.482. The minimum Gasteiger partial charge on any atom is -0.485 e. The van der Waals surface area contributed by atoms with Gasteiger partial charge in [-0.2, -0.15) is 4.31 Å². The van der Waals surface area contributed by atoms with Crippen LogP contribution in [-0.2, 0) is 16.6 Å². The molecule has 0 spiro atoms. The zero-order chi connectivity index (χ0) is 24.3. The second-order valence-corrected chi connectivity index (χ2v) is 10.3. The lowest BCUT2D eigenvalue weighted by atomic mass is 10.1. The number of aryl methyl sites for hydroxylation is 2. The number of amides is 1. The lowest BCUT2D eigenvalue weighted by Crippen LogP contribution is -2.37. The van der Waals surface area contributed by atoms with Crippen molar-refractivity contribution >= 4 is 15.9 Å². The van der Waals surface area contributed by atoms with Gasteiger partial charge in [-0.15, -0.1) is 0 Å². The quantitative estimate of drug-likeness (QED) is 0.523. The van der Waals surface area contributed by atoms with Gasteiger partial charge in [0, 0.05) is 26.2 Å². The van der Waals surface area contributed by atoms with Crippen LogP contribution in [-0.4, -0.2) is 49.7 Å². The number of halogens is 1. The van der Waals surface area contributed by atoms with Crippen LogP contribution >= 0.6 is 0 Å². The predicted octanol–water partition coefficient (Wildman–Crippen LogP) is 4.15. The number of carbonyl (C=O) groups is 1. The minimum absolute atomic E-state index is 0.0353. The van der Waals surface area contributed by atoms with Crippen molar-refractivity contribution in [2.45, 2.75) is 31.8 Å². The van der Waals surface area contributed by atoms with Gasteiger partial charge < -0.3 is 14.1 Å². The summed E-state index contributed by atoms with van der Waals surface area (Å²) >= 11 is 0. The van der Waals surface area contributed by atoms with E-state index in [1.54, 1.807) is 17.0 Å². The van der Waals surface area contributed by atoms with Crippen LogP contribution in [0.2, 0.25) is 0 Å². The first-order chi connectivity index (χ1) is 16.2. The van der Waals surface area contributed by atoms with Crippen molar-refractivity contribution in [3.8, 4) is 5.75 Å². The van der Waals surface area contributed by atoms with Gasteiger partial charge in [0.05, 0.1) is 4.90 Å². The Labute approximate surface area is 198 Å². The van der Waals surface area contributed by atoms with E-state index in [0.29, 0.717) is 18.7 Å². The molecule has 34 heavy (non-hydrogen) atoms. The van der Waals surface area contributed by atoms with E-state index in [0.717, 1.165) is 29.0 Å². The Kier molecular flexibility index (Phi) is 7.04. The van der Waals surface area contributed by atoms with Crippen LogP contribution in [0.15, 0.2) is 63.9 Å². The molecular weight excluding hydrogens is 459 g/mol. The van der Waals surface area contributed by atoms with E-state index >= 15 is 0 Å². The molecule has 0 aliphatic carbocycles. The Hall–Kier alpha value is -3.17. The molecule has 0 saturated carbocycles. The van der Waals surface area contributed by atoms with E-state index in [-0.39, 0.29) is 42.8 Å². The fourth-order valence-electron chi connectivity index (χ4n) is 3.93. The third-order valence-corrected chi connectivity index (χ3v) is 7.68. The molecule has 3 aromatic rings. The number of hydrogen-bond acceptors (Lipinski definition) is 5. The first kappa shape index (κ1) is 24.0. The number of carbonyl (C=O) groups excluding carboxylic acids is 1. The van der Waals surface area contributed by atoms with Gasteiger partial charge >= 0.3 is 0 Å². The highest BCUT2D eigenvalue weighted by molar-refractivity contribution is 7.89. The number of furan rings is 1. The Morgan fingerprint density at radius 3 is 2.50 bits per heavy atom. The van der Waals surface area contributed by atoms with Crippen molar-refractivity contribution in [1.82, 2.24) is 9.21 Å². The molecule has 0 bridgehead atoms. The third kappa shape index (κ3) is 5.31. The van der Waals surface area contributed by atoms with Gasteiger partial charge in [0.1, 0.15) is 23.9 Å². The van der Waals surface area contributed by atoms with Gasteiger partial charge in [-0.25, -0.2) is 12.8 Å². The SMILES string of the molecule is Cc1ccc(OCc2ccc(C(=O)N3CCCN(S(=O)(=O)c4ccc(F)cc4)CC3)o2)c(C)c1. The van der Waals surface area contributed by atoms with Crippen LogP contribution < -0.4 is 4.74 Å². The van der Waals surface area contributed by atoms with Crippen LogP contribution in [0, 0.1) is 19.7 Å². The first-order valence-electron chi connectivity index (χ1n) is 11.1. The number of hydrogen-bond donors (Lipinski definition) is 0. The molecule has 1 aliphatic heterocycles. The zero-order valence-corrected chi connectivity index (χ0v) is 20.0. The summed E-state index contributed by atoms with van der Waals surface area (Å²) in [5.74, 6) is 0.681. The number of rotatable bonds is 6. The molecule has 9 heteroatoms. The standard InChI is InChI=1S/C25H27FN2O5S/c1-18-4-10-23(19(2)16-18)32-17-21-7-11-24(33-21)25(29)27-12-3-13-28(15-14-27)34(30,31)22-8-5-20(26)6-9-22/h4-11,16H,3,12-15,17H2,1-2H3. The highest BCUT2D eigenvalue weighted by Crippen LogP contribution is 2.22. The molecule has 0 radical (unpaired) electrons. The molecule has 1 fully saturated rings. The topological polar surface area (TPSA) is 80.1 Å². The highest BCUT2D eigenvalue weighted by atomic mass is 32.2. The fraction of sp³-hybridized carbons (Fsp3) is 0.320. The zero-order valence-electron chi connectivity index (χ0n) is 19.2. The summed E-state index contributed by atoms with van der Waals surface area (Å²) in [5.41, 5.74) is 2.17. The number of nitrogens with zero attached hydrogens (tertiary/aromatic N) is 2. The Morgan fingerprint density at radius 1 is 1.00 bits per heavy atom. The number of sulfonamides is 1. The number of benzene rings is 2. The smallest absolute Gasteiger partial charge is 0.289 e. The van der Waals surface area contributed by atoms with Crippen molar-refractivity contribution in [1.29, 1.82) is 0 Å². The van der Waals surface area contributed by atoms with E-state index in [1.165, 1.54) is 16.4 Å². The Morgan fingerprint density at radius 2 is 1.76 bits per heavy atom. The molecular formula is C25H27FN2O5S. The maximum absolute atomic E-state index is 13.2. The molecule has 7 nitrogen and oxygen atoms in total. The maximum atomic E-state index is 13.2. The first-order valence-corrected chi connectivity index (χ1v) is 12.5. The third-order valence-electron chi connectivity index (χ3n) is 5.77. The second-order valence-electron chi connectivity index (χ2n) is 8.33. The van der Waals surface area contributed by atoms with Gasteiger partial charge in [-0.05, 0) is 68.3 Å². The van der Waals surface area contributed by atoms with Crippen molar-refractivity contribution in [2.75, 3.05) is 26.2 Å². The molecule has 1 amide bonds. The second kappa shape index (κ2) is 9.99. The average molecular weight is 487 g/mol. The van der Waals surface area contributed by atoms with E-state index < -0.39 is 15.8 Å². The van der Waals surface area contributed by atoms with Crippen LogP contribution in [0.1, 0.15) is 33.9 Å². The van der Waals surface area contributed by atoms with Crippen LogP contribution in [0.25, 0.3) is 0 Å². The van der Waals surface area contributed by atoms with Crippen molar-refractivity contribution < 1.29 is 26.8 Å². The summed E-state index contributed by atoms with van der Waals surface area (Å²) in [4.78, 5) is 14.6. The van der Waals surface area contributed by atoms with E-state index in [4.69, 9.17) is 9.15 Å². The van der Waals surface area contributed by atoms with E-state index in [1.807, 2.05) is 32.0 Å². The summed E-state index contributed by atoms with van der Waals surface area (Å²) in [6.45, 7) is 5.24. The molecule has 180 valence electrons. The van der Waals surface area contributed by atoms with Crippen molar-refractivity contribution in [3.63, 3.8) is 0 Å². The Balaban J connectivity index is 1.37. The molecule has 2 aromatic carbocycles. The fourth-order valence-corrected chi connectivity index (χ4v) is 5.40. The van der Waals surface area contributed by atoms with Crippen LogP contribution in [0.5, 0.6) is 5.75 Å². The Bertz CT molecular complexity index is 1270. The van der Waals surface area contributed by atoms with Crippen LogP contribution in [0.3, 0.4) is 0 Å². The van der Waals surface area contributed by atoms with Gasteiger partial charge in [-0.3, -0.25) is 4.79 Å². The molecule has 0 N–H and O–H groups in total. The van der Waals surface area contributed by atoms with Crippen LogP contribution in [0.4, 0.5) is 4.39 Å². The minimum atomic E-state index is -3.76. The summed E-state index contributed by atoms with van der Waals surface area (Å²) in [7, 11) is -3.76. The molecule has 4 rings (SSSR count).